The summed E-state index contributed by atoms with van der Waals surface area (Å²) in [6.45, 7) is -1.78. The van der Waals surface area contributed by atoms with Gasteiger partial charge in [0, 0.05) is 5.56 Å². The second-order valence-corrected chi connectivity index (χ2v) is 5.07. The highest BCUT2D eigenvalue weighted by Crippen LogP contribution is 2.05. The van der Waals surface area contributed by atoms with Gasteiger partial charge in [-0.05, 0) is 12.1 Å². The van der Waals surface area contributed by atoms with Gasteiger partial charge in [0.25, 0.3) is 5.91 Å². The van der Waals surface area contributed by atoms with E-state index in [-0.39, 0.29) is 17.9 Å². The van der Waals surface area contributed by atoms with E-state index >= 15 is 0 Å². The summed E-state index contributed by atoms with van der Waals surface area (Å²) in [5, 5.41) is 13.3. The molecule has 0 aliphatic rings. The van der Waals surface area contributed by atoms with Crippen molar-refractivity contribution in [2.75, 3.05) is 25.4 Å². The molecule has 0 spiro atoms. The van der Waals surface area contributed by atoms with E-state index in [9.17, 15) is 24.0 Å². The van der Waals surface area contributed by atoms with E-state index in [2.05, 4.69) is 23.3 Å². The summed E-state index contributed by atoms with van der Waals surface area (Å²) < 4.78 is 0. The quantitative estimate of drug-likeness (QED) is 0.431. The van der Waals surface area contributed by atoms with Crippen molar-refractivity contribution >= 4 is 42.2 Å². The monoisotopic (exact) mass is 367 g/mol. The van der Waals surface area contributed by atoms with Crippen LogP contribution in [0.3, 0.4) is 0 Å². The van der Waals surface area contributed by atoms with Gasteiger partial charge in [-0.25, -0.2) is 0 Å². The van der Waals surface area contributed by atoms with Crippen molar-refractivity contribution in [3.63, 3.8) is 0 Å². The highest BCUT2D eigenvalue weighted by Gasteiger charge is 2.25. The van der Waals surface area contributed by atoms with Crippen LogP contribution in [-0.2, 0) is 19.2 Å². The van der Waals surface area contributed by atoms with Crippen molar-refractivity contribution in [2.45, 2.75) is 0 Å². The third-order valence-electron chi connectivity index (χ3n) is 2.89. The highest BCUT2D eigenvalue weighted by molar-refractivity contribution is 7.81. The Morgan fingerprint density at radius 2 is 1.56 bits per heavy atom. The van der Waals surface area contributed by atoms with Gasteiger partial charge in [0.2, 0.25) is 17.7 Å². The molecule has 9 nitrogen and oxygen atoms in total. The van der Waals surface area contributed by atoms with Gasteiger partial charge >= 0.3 is 5.97 Å². The van der Waals surface area contributed by atoms with Crippen LogP contribution in [0.1, 0.15) is 10.4 Å². The first-order chi connectivity index (χ1) is 11.8. The molecular formula is C15H17N3O6S. The molecule has 4 amide bonds. The Morgan fingerprint density at radius 1 is 0.960 bits per heavy atom. The normalized spacial score (nSPS) is 9.80. The lowest BCUT2D eigenvalue weighted by molar-refractivity contribution is -0.142. The van der Waals surface area contributed by atoms with Gasteiger partial charge in [-0.1, -0.05) is 18.2 Å². The van der Waals surface area contributed by atoms with E-state index in [1.807, 2.05) is 0 Å². The number of carboxylic acids is 1. The highest BCUT2D eigenvalue weighted by atomic mass is 32.1. The van der Waals surface area contributed by atoms with Gasteiger partial charge < -0.3 is 15.7 Å². The van der Waals surface area contributed by atoms with Gasteiger partial charge in [0.15, 0.2) is 0 Å². The van der Waals surface area contributed by atoms with Crippen molar-refractivity contribution in [1.29, 1.82) is 0 Å². The third-order valence-corrected chi connectivity index (χ3v) is 3.17. The molecule has 0 aliphatic carbocycles. The molecule has 1 aromatic carbocycles. The minimum Gasteiger partial charge on any atom is -0.480 e. The summed E-state index contributed by atoms with van der Waals surface area (Å²) >= 11 is 3.72. The van der Waals surface area contributed by atoms with Crippen LogP contribution in [0.25, 0.3) is 0 Å². The molecule has 0 unspecified atom stereocenters. The SMILES string of the molecule is O=C(O)CN(C(=O)CNC(=O)CNC(=O)CS)C(=O)c1ccccc1. The molecule has 10 heteroatoms. The second kappa shape index (κ2) is 10.1. The molecule has 3 N–H and O–H groups in total. The van der Waals surface area contributed by atoms with Gasteiger partial charge in [-0.15, -0.1) is 0 Å². The number of nitrogens with zero attached hydrogens (tertiary/aromatic N) is 1. The minimum atomic E-state index is -1.37. The number of amides is 4. The van der Waals surface area contributed by atoms with Crippen molar-refractivity contribution in [1.82, 2.24) is 15.5 Å². The van der Waals surface area contributed by atoms with Crippen LogP contribution in [0.15, 0.2) is 30.3 Å². The Bertz CT molecular complexity index is 664. The molecule has 0 aliphatic heterocycles. The molecule has 1 aromatic rings. The van der Waals surface area contributed by atoms with Gasteiger partial charge in [0.1, 0.15) is 6.54 Å². The largest absolute Gasteiger partial charge is 0.480 e. The maximum absolute atomic E-state index is 12.3. The molecule has 0 radical (unpaired) electrons. The summed E-state index contributed by atoms with van der Waals surface area (Å²) in [6, 6.07) is 7.69. The molecule has 25 heavy (non-hydrogen) atoms. The zero-order valence-electron chi connectivity index (χ0n) is 13.1. The van der Waals surface area contributed by atoms with Crippen LogP contribution in [-0.4, -0.2) is 65.0 Å². The first-order valence-corrected chi connectivity index (χ1v) is 7.74. The summed E-state index contributed by atoms with van der Waals surface area (Å²) in [5.74, 6) is -4.26. The number of aliphatic carboxylic acids is 1. The minimum absolute atomic E-state index is 0.0931. The third kappa shape index (κ3) is 7.04. The number of imide groups is 1. The number of rotatable bonds is 8. The Balaban J connectivity index is 2.68. The van der Waals surface area contributed by atoms with Crippen LogP contribution in [0, 0.1) is 0 Å². The number of hydrogen-bond acceptors (Lipinski definition) is 6. The fraction of sp³-hybridized carbons (Fsp3) is 0.267. The summed E-state index contributed by atoms with van der Waals surface area (Å²) in [6.07, 6.45) is 0. The fourth-order valence-corrected chi connectivity index (χ4v) is 1.82. The van der Waals surface area contributed by atoms with E-state index in [1.165, 1.54) is 12.1 Å². The van der Waals surface area contributed by atoms with E-state index in [1.54, 1.807) is 18.2 Å². The number of thiol groups is 1. The average molecular weight is 367 g/mol. The molecule has 0 saturated heterocycles. The Morgan fingerprint density at radius 3 is 2.12 bits per heavy atom. The Labute approximate surface area is 148 Å². The van der Waals surface area contributed by atoms with Gasteiger partial charge in [-0.2, -0.15) is 12.6 Å². The molecule has 0 atom stereocenters. The molecular weight excluding hydrogens is 350 g/mol. The number of benzene rings is 1. The number of carbonyl (C=O) groups excluding carboxylic acids is 4. The average Bonchev–Trinajstić information content (AvgIpc) is 2.62. The van der Waals surface area contributed by atoms with Crippen LogP contribution < -0.4 is 10.6 Å². The number of hydrogen-bond donors (Lipinski definition) is 4. The van der Waals surface area contributed by atoms with Crippen LogP contribution in [0.2, 0.25) is 0 Å². The Hall–Kier alpha value is -2.88. The number of nitrogens with one attached hydrogen (secondary N) is 2. The number of carbonyl (C=O) groups is 5. The topological polar surface area (TPSA) is 133 Å². The predicted octanol–water partition coefficient (Wildman–Crippen LogP) is -1.10. The van der Waals surface area contributed by atoms with Crippen molar-refractivity contribution in [3.8, 4) is 0 Å². The lowest BCUT2D eigenvalue weighted by Gasteiger charge is -2.19. The molecule has 1 rings (SSSR count). The summed E-state index contributed by atoms with van der Waals surface area (Å²) in [5.41, 5.74) is 0.143. The summed E-state index contributed by atoms with van der Waals surface area (Å²) in [4.78, 5) is 58.4. The molecule has 0 saturated carbocycles. The van der Waals surface area contributed by atoms with Crippen molar-refractivity contribution in [3.05, 3.63) is 35.9 Å². The van der Waals surface area contributed by atoms with Crippen molar-refractivity contribution < 1.29 is 29.1 Å². The van der Waals surface area contributed by atoms with E-state index in [4.69, 9.17) is 5.11 Å². The zero-order chi connectivity index (χ0) is 18.8. The molecule has 0 heterocycles. The first kappa shape index (κ1) is 20.2. The molecule has 0 bridgehead atoms. The maximum atomic E-state index is 12.3. The standard InChI is InChI=1S/C15H17N3O6S/c19-11(6-16-12(20)9-25)17-7-13(21)18(8-14(22)23)15(24)10-4-2-1-3-5-10/h1-5,25H,6-9H2,(H,16,20)(H,17,19)(H,22,23). The fourth-order valence-electron chi connectivity index (χ4n) is 1.71. The van der Waals surface area contributed by atoms with Crippen molar-refractivity contribution in [2.24, 2.45) is 0 Å². The van der Waals surface area contributed by atoms with E-state index in [0.717, 1.165) is 0 Å². The van der Waals surface area contributed by atoms with Crippen LogP contribution in [0.5, 0.6) is 0 Å². The number of carboxylic acid groups (broad SMARTS) is 1. The zero-order valence-corrected chi connectivity index (χ0v) is 14.0. The lowest BCUT2D eigenvalue weighted by atomic mass is 10.2. The summed E-state index contributed by atoms with van der Waals surface area (Å²) in [7, 11) is 0. The molecule has 0 fully saturated rings. The first-order valence-electron chi connectivity index (χ1n) is 7.11. The maximum Gasteiger partial charge on any atom is 0.323 e. The molecule has 134 valence electrons. The predicted molar refractivity (Wildman–Crippen MR) is 90.0 cm³/mol. The van der Waals surface area contributed by atoms with E-state index < -0.39 is 42.7 Å². The molecule has 0 aromatic heterocycles. The second-order valence-electron chi connectivity index (χ2n) is 4.76. The van der Waals surface area contributed by atoms with Crippen LogP contribution >= 0.6 is 12.6 Å². The van der Waals surface area contributed by atoms with Gasteiger partial charge in [0.05, 0.1) is 18.8 Å². The van der Waals surface area contributed by atoms with E-state index in [0.29, 0.717) is 4.90 Å². The van der Waals surface area contributed by atoms with Gasteiger partial charge in [-0.3, -0.25) is 28.9 Å². The lowest BCUT2D eigenvalue weighted by Crippen LogP contribution is -2.47. The Kier molecular flexibility index (Phi) is 8.13. The smallest absolute Gasteiger partial charge is 0.323 e. The van der Waals surface area contributed by atoms with Crippen LogP contribution in [0.4, 0.5) is 0 Å².